The fourth-order valence-corrected chi connectivity index (χ4v) is 1.38. The number of rotatable bonds is 2. The van der Waals surface area contributed by atoms with Crippen molar-refractivity contribution in [2.24, 2.45) is 0 Å². The Bertz CT molecular complexity index is 423. The van der Waals surface area contributed by atoms with E-state index in [2.05, 4.69) is 29.5 Å². The van der Waals surface area contributed by atoms with Crippen molar-refractivity contribution in [2.75, 3.05) is 0 Å². The summed E-state index contributed by atoms with van der Waals surface area (Å²) in [5.41, 5.74) is 3.54. The van der Waals surface area contributed by atoms with E-state index in [0.29, 0.717) is 0 Å². The second-order valence-corrected chi connectivity index (χ2v) is 3.60. The molecule has 96 valence electrons. The van der Waals surface area contributed by atoms with E-state index in [1.165, 1.54) is 5.56 Å². The van der Waals surface area contributed by atoms with Crippen LogP contribution in [-0.4, -0.2) is 9.97 Å². The minimum absolute atomic E-state index is 0. The van der Waals surface area contributed by atoms with Crippen LogP contribution in [0.1, 0.15) is 31.2 Å². The van der Waals surface area contributed by atoms with Gasteiger partial charge in [-0.25, -0.2) is 0 Å². The summed E-state index contributed by atoms with van der Waals surface area (Å²) >= 11 is 0. The average molecular weight is 242 g/mol. The lowest BCUT2D eigenvalue weighted by Crippen LogP contribution is -1.90. The van der Waals surface area contributed by atoms with Crippen molar-refractivity contribution in [3.05, 3.63) is 66.3 Å². The molecule has 0 fully saturated rings. The molecule has 2 aromatic rings. The van der Waals surface area contributed by atoms with Crippen LogP contribution >= 0.6 is 0 Å². The number of aromatic nitrogens is 2. The monoisotopic (exact) mass is 242 g/mol. The van der Waals surface area contributed by atoms with Gasteiger partial charge < -0.3 is 0 Å². The number of hydrogen-bond donors (Lipinski definition) is 0. The molecule has 0 radical (unpaired) electrons. The van der Waals surface area contributed by atoms with Crippen LogP contribution in [0.2, 0.25) is 0 Å². The number of pyridine rings is 2. The predicted octanol–water partition coefficient (Wildman–Crippen LogP) is 4.31. The van der Waals surface area contributed by atoms with Gasteiger partial charge in [-0.3, -0.25) is 9.97 Å². The lowest BCUT2D eigenvalue weighted by molar-refractivity contribution is 1.04. The highest BCUT2D eigenvalue weighted by Gasteiger charge is 1.96. The summed E-state index contributed by atoms with van der Waals surface area (Å²) in [4.78, 5) is 8.03. The van der Waals surface area contributed by atoms with Crippen LogP contribution in [0.3, 0.4) is 0 Å². The largest absolute Gasteiger partial charge is 0.265 e. The van der Waals surface area contributed by atoms with Gasteiger partial charge in [-0.2, -0.15) is 0 Å². The van der Waals surface area contributed by atoms with E-state index in [4.69, 9.17) is 0 Å². The Morgan fingerprint density at radius 3 is 2.28 bits per heavy atom. The van der Waals surface area contributed by atoms with E-state index in [-0.39, 0.29) is 7.43 Å². The molecule has 2 nitrogen and oxygen atoms in total. The molecule has 0 unspecified atom stereocenters. The van der Waals surface area contributed by atoms with Gasteiger partial charge in [-0.15, -0.1) is 0 Å². The number of hydrogen-bond acceptors (Lipinski definition) is 2. The van der Waals surface area contributed by atoms with Gasteiger partial charge in [0.05, 0.1) is 0 Å². The van der Waals surface area contributed by atoms with Crippen LogP contribution in [-0.2, 0) is 6.42 Å². The second-order valence-electron chi connectivity index (χ2n) is 3.60. The van der Waals surface area contributed by atoms with Crippen molar-refractivity contribution in [1.82, 2.24) is 9.97 Å². The topological polar surface area (TPSA) is 25.8 Å². The fourth-order valence-electron chi connectivity index (χ4n) is 1.38. The van der Waals surface area contributed by atoms with Crippen molar-refractivity contribution in [3.8, 4) is 0 Å². The van der Waals surface area contributed by atoms with E-state index in [9.17, 15) is 0 Å². The molecule has 0 aliphatic heterocycles. The lowest BCUT2D eigenvalue weighted by Gasteiger charge is -2.01. The molecule has 0 amide bonds. The van der Waals surface area contributed by atoms with Crippen molar-refractivity contribution >= 4 is 6.08 Å². The summed E-state index contributed by atoms with van der Waals surface area (Å²) in [7, 11) is 0. The summed E-state index contributed by atoms with van der Waals surface area (Å²) in [6.45, 7) is 7.87. The molecule has 0 N–H and O–H groups in total. The zero-order valence-corrected chi connectivity index (χ0v) is 10.4. The molecule has 0 aromatic carbocycles. The molecule has 0 saturated carbocycles. The van der Waals surface area contributed by atoms with Crippen molar-refractivity contribution in [1.29, 1.82) is 0 Å². The van der Waals surface area contributed by atoms with E-state index in [1.807, 2.05) is 37.4 Å². The molecule has 0 saturated heterocycles. The van der Waals surface area contributed by atoms with Gasteiger partial charge in [0.15, 0.2) is 0 Å². The number of aryl methyl sites for hydroxylation is 2. The Kier molecular flexibility index (Phi) is 8.12. The molecule has 0 atom stereocenters. The molecule has 2 aromatic heterocycles. The fraction of sp³-hybridized carbons (Fsp3) is 0.250. The predicted molar refractivity (Wildman–Crippen MR) is 79.4 cm³/mol. The Morgan fingerprint density at radius 2 is 1.89 bits per heavy atom. The minimum atomic E-state index is 0. The third-order valence-corrected chi connectivity index (χ3v) is 2.40. The molecule has 2 heterocycles. The smallest absolute Gasteiger partial charge is 0.0404 e. The standard InChI is InChI=1S/C10H13N.C5H5N.CH4/c1-4-9-6-10(5-2)8(3)11-7-9;1-2-4-6-5-3-1;/h4,6-7H,1,5H2,2-3H3;1-5H;1H4. The highest BCUT2D eigenvalue weighted by molar-refractivity contribution is 5.47. The first-order valence-corrected chi connectivity index (χ1v) is 5.71. The SMILES string of the molecule is C.C=Cc1cnc(C)c(CC)c1.c1ccncc1. The molecular weight excluding hydrogens is 220 g/mol. The maximum absolute atomic E-state index is 4.25. The normalized spacial score (nSPS) is 8.56. The van der Waals surface area contributed by atoms with Crippen molar-refractivity contribution < 1.29 is 0 Å². The van der Waals surface area contributed by atoms with Crippen LogP contribution in [0, 0.1) is 6.92 Å². The third kappa shape index (κ3) is 5.39. The molecular formula is C16H22N2. The summed E-state index contributed by atoms with van der Waals surface area (Å²) in [5, 5.41) is 0. The first-order valence-electron chi connectivity index (χ1n) is 5.71. The van der Waals surface area contributed by atoms with Gasteiger partial charge in [0, 0.05) is 24.3 Å². The maximum Gasteiger partial charge on any atom is 0.0404 e. The summed E-state index contributed by atoms with van der Waals surface area (Å²) in [6, 6.07) is 7.85. The lowest BCUT2D eigenvalue weighted by atomic mass is 10.1. The number of nitrogens with zero attached hydrogens (tertiary/aromatic N) is 2. The Balaban J connectivity index is 0.000000352. The minimum Gasteiger partial charge on any atom is -0.265 e. The van der Waals surface area contributed by atoms with Gasteiger partial charge in [0.2, 0.25) is 0 Å². The van der Waals surface area contributed by atoms with Gasteiger partial charge >= 0.3 is 0 Å². The van der Waals surface area contributed by atoms with Crippen molar-refractivity contribution in [3.63, 3.8) is 0 Å². The third-order valence-electron chi connectivity index (χ3n) is 2.40. The molecule has 2 rings (SSSR count). The van der Waals surface area contributed by atoms with Crippen LogP contribution in [0.25, 0.3) is 6.08 Å². The van der Waals surface area contributed by atoms with E-state index in [1.54, 1.807) is 12.4 Å². The Morgan fingerprint density at radius 1 is 1.22 bits per heavy atom. The zero-order valence-electron chi connectivity index (χ0n) is 10.4. The van der Waals surface area contributed by atoms with Crippen LogP contribution < -0.4 is 0 Å². The summed E-state index contributed by atoms with van der Waals surface area (Å²) in [5.74, 6) is 0. The second kappa shape index (κ2) is 9.11. The molecule has 2 heteroatoms. The highest BCUT2D eigenvalue weighted by Crippen LogP contribution is 2.09. The first-order chi connectivity index (χ1) is 8.27. The Labute approximate surface area is 110 Å². The Hall–Kier alpha value is -1.96. The molecule has 18 heavy (non-hydrogen) atoms. The molecule has 0 aliphatic rings. The van der Waals surface area contributed by atoms with Crippen LogP contribution in [0.5, 0.6) is 0 Å². The van der Waals surface area contributed by atoms with Gasteiger partial charge in [0.25, 0.3) is 0 Å². The summed E-state index contributed by atoms with van der Waals surface area (Å²) in [6.07, 6.45) is 8.22. The summed E-state index contributed by atoms with van der Waals surface area (Å²) < 4.78 is 0. The molecule has 0 spiro atoms. The maximum atomic E-state index is 4.25. The van der Waals surface area contributed by atoms with Crippen molar-refractivity contribution in [2.45, 2.75) is 27.7 Å². The quantitative estimate of drug-likeness (QED) is 0.784. The zero-order chi connectivity index (χ0) is 12.5. The van der Waals surface area contributed by atoms with Gasteiger partial charge in [-0.1, -0.05) is 33.1 Å². The highest BCUT2D eigenvalue weighted by atomic mass is 14.7. The van der Waals surface area contributed by atoms with Crippen LogP contribution in [0.15, 0.2) is 49.4 Å². The first kappa shape index (κ1) is 16.0. The average Bonchev–Trinajstić information content (AvgIpc) is 2.42. The van der Waals surface area contributed by atoms with Gasteiger partial charge in [-0.05, 0) is 42.7 Å². The molecule has 0 aliphatic carbocycles. The molecule has 0 bridgehead atoms. The van der Waals surface area contributed by atoms with Gasteiger partial charge in [0.1, 0.15) is 0 Å². The van der Waals surface area contributed by atoms with E-state index >= 15 is 0 Å². The van der Waals surface area contributed by atoms with E-state index < -0.39 is 0 Å². The van der Waals surface area contributed by atoms with E-state index in [0.717, 1.165) is 17.7 Å². The van der Waals surface area contributed by atoms with Crippen LogP contribution in [0.4, 0.5) is 0 Å².